The molecule has 140 valence electrons. The van der Waals surface area contributed by atoms with Crippen LogP contribution in [0.3, 0.4) is 0 Å². The summed E-state index contributed by atoms with van der Waals surface area (Å²) in [5, 5.41) is 15.5. The molecule has 0 bridgehead atoms. The zero-order valence-electron chi connectivity index (χ0n) is 14.8. The molecule has 1 aromatic carbocycles. The lowest BCUT2D eigenvalue weighted by molar-refractivity contribution is -0.142. The van der Waals surface area contributed by atoms with Gasteiger partial charge in [-0.3, -0.25) is 19.4 Å². The van der Waals surface area contributed by atoms with E-state index in [0.29, 0.717) is 24.2 Å². The number of nitrogens with zero attached hydrogens (tertiary/aromatic N) is 2. The summed E-state index contributed by atoms with van der Waals surface area (Å²) in [5.74, 6) is -2.53. The van der Waals surface area contributed by atoms with E-state index in [9.17, 15) is 19.5 Å². The van der Waals surface area contributed by atoms with Gasteiger partial charge < -0.3 is 5.11 Å². The molecule has 0 saturated heterocycles. The van der Waals surface area contributed by atoms with Crippen LogP contribution in [-0.2, 0) is 9.59 Å². The minimum Gasteiger partial charge on any atom is -0.481 e. The third-order valence-electron chi connectivity index (χ3n) is 4.64. The van der Waals surface area contributed by atoms with Crippen molar-refractivity contribution in [2.75, 3.05) is 6.54 Å². The Morgan fingerprint density at radius 2 is 2.00 bits per heavy atom. The van der Waals surface area contributed by atoms with E-state index in [-0.39, 0.29) is 18.0 Å². The summed E-state index contributed by atoms with van der Waals surface area (Å²) in [7, 11) is 0. The molecule has 1 aromatic rings. The van der Waals surface area contributed by atoms with Crippen molar-refractivity contribution in [3.63, 3.8) is 0 Å². The molecule has 0 radical (unpaired) electrons. The fourth-order valence-corrected chi connectivity index (χ4v) is 3.49. The van der Waals surface area contributed by atoms with Crippen LogP contribution in [0.15, 0.2) is 57.3 Å². The van der Waals surface area contributed by atoms with E-state index in [4.69, 9.17) is 0 Å². The van der Waals surface area contributed by atoms with E-state index in [1.54, 1.807) is 35.5 Å². The molecule has 1 N–H and O–H groups in total. The second-order valence-corrected chi connectivity index (χ2v) is 7.71. The normalized spacial score (nSPS) is 20.3. The highest BCUT2D eigenvalue weighted by Crippen LogP contribution is 2.27. The molecule has 7 heteroatoms. The topological polar surface area (TPSA) is 87.0 Å². The van der Waals surface area contributed by atoms with E-state index >= 15 is 0 Å². The number of Topliss-reactive ketones (excluding diaryl/α,β-unsaturated/α-hetero) is 1. The average molecular weight is 431 g/mol. The summed E-state index contributed by atoms with van der Waals surface area (Å²) in [4.78, 5) is 36.0. The second kappa shape index (κ2) is 8.00. The van der Waals surface area contributed by atoms with Gasteiger partial charge in [0.1, 0.15) is 0 Å². The van der Waals surface area contributed by atoms with Crippen molar-refractivity contribution in [2.24, 2.45) is 16.9 Å². The van der Waals surface area contributed by atoms with Gasteiger partial charge in [-0.15, -0.1) is 0 Å². The van der Waals surface area contributed by atoms with Crippen LogP contribution in [0.4, 0.5) is 0 Å². The molecule has 0 aromatic heterocycles. The number of allylic oxidation sites excluding steroid dienone is 3. The number of carbonyl (C=O) groups is 3. The number of hydrazone groups is 1. The van der Waals surface area contributed by atoms with E-state index in [1.807, 2.05) is 13.0 Å². The molecule has 6 nitrogen and oxygen atoms in total. The maximum Gasteiger partial charge on any atom is 0.307 e. The zero-order chi connectivity index (χ0) is 19.6. The first kappa shape index (κ1) is 19.2. The van der Waals surface area contributed by atoms with Crippen LogP contribution in [0, 0.1) is 11.8 Å². The molecule has 1 aliphatic heterocycles. The predicted molar refractivity (Wildman–Crippen MR) is 104 cm³/mol. The quantitative estimate of drug-likeness (QED) is 0.698. The second-order valence-electron chi connectivity index (χ2n) is 6.79. The van der Waals surface area contributed by atoms with Crippen molar-refractivity contribution in [3.05, 3.63) is 57.7 Å². The molecular weight excluding hydrogens is 412 g/mol. The molecule has 0 saturated carbocycles. The molecule has 0 fully saturated rings. The van der Waals surface area contributed by atoms with Crippen molar-refractivity contribution < 1.29 is 19.5 Å². The molecule has 1 heterocycles. The van der Waals surface area contributed by atoms with Crippen molar-refractivity contribution in [2.45, 2.75) is 19.8 Å². The van der Waals surface area contributed by atoms with Gasteiger partial charge in [0.25, 0.3) is 0 Å². The maximum atomic E-state index is 12.5. The van der Waals surface area contributed by atoms with Gasteiger partial charge >= 0.3 is 5.97 Å². The number of carbonyl (C=O) groups excluding carboxylic acids is 2. The number of benzene rings is 1. The smallest absolute Gasteiger partial charge is 0.307 e. The third kappa shape index (κ3) is 4.60. The Bertz CT molecular complexity index is 870. The molecule has 0 amide bonds. The van der Waals surface area contributed by atoms with Crippen molar-refractivity contribution in [1.82, 2.24) is 5.01 Å². The van der Waals surface area contributed by atoms with Crippen molar-refractivity contribution >= 4 is 39.7 Å². The lowest BCUT2D eigenvalue weighted by atomic mass is 9.87. The summed E-state index contributed by atoms with van der Waals surface area (Å²) < 4.78 is 0.853. The van der Waals surface area contributed by atoms with E-state index < -0.39 is 17.8 Å². The number of ketones is 2. The highest BCUT2D eigenvalue weighted by Gasteiger charge is 2.34. The van der Waals surface area contributed by atoms with E-state index in [1.165, 1.54) is 6.08 Å². The SMILES string of the molecule is CC1=CC(N2C[C@H]([C@@H](CC(=O)c3ccc(Br)cc3)C(=O)O)C=N2)=CC(=O)C1. The molecule has 2 aliphatic rings. The first-order valence-electron chi connectivity index (χ1n) is 8.58. The number of carboxylic acid groups (broad SMARTS) is 1. The van der Waals surface area contributed by atoms with Crippen LogP contribution >= 0.6 is 15.9 Å². The van der Waals surface area contributed by atoms with Crippen LogP contribution in [0.25, 0.3) is 0 Å². The highest BCUT2D eigenvalue weighted by molar-refractivity contribution is 9.10. The molecule has 1 aliphatic carbocycles. The summed E-state index contributed by atoms with van der Waals surface area (Å²) in [6.45, 7) is 2.20. The van der Waals surface area contributed by atoms with Crippen LogP contribution < -0.4 is 0 Å². The molecule has 27 heavy (non-hydrogen) atoms. The Morgan fingerprint density at radius 3 is 2.63 bits per heavy atom. The minimum atomic E-state index is -1.03. The third-order valence-corrected chi connectivity index (χ3v) is 5.17. The number of rotatable bonds is 6. The molecule has 3 rings (SSSR count). The largest absolute Gasteiger partial charge is 0.481 e. The Kier molecular flexibility index (Phi) is 5.70. The van der Waals surface area contributed by atoms with Crippen molar-refractivity contribution in [3.8, 4) is 0 Å². The number of carboxylic acids is 1. The van der Waals surface area contributed by atoms with Gasteiger partial charge in [0.15, 0.2) is 11.6 Å². The standard InChI is InChI=1S/C20H19BrN2O4/c1-12-6-16(8-17(24)7-12)23-11-14(10-22-23)18(20(26)27)9-19(25)13-2-4-15(21)5-3-13/h2-6,8,10,14,18H,7,9,11H2,1H3,(H,26,27)/t14-,18-/m1/s1. The highest BCUT2D eigenvalue weighted by atomic mass is 79.9. The lowest BCUT2D eigenvalue weighted by Crippen LogP contribution is -2.31. The first-order valence-corrected chi connectivity index (χ1v) is 9.37. The molecule has 0 spiro atoms. The zero-order valence-corrected chi connectivity index (χ0v) is 16.3. The first-order chi connectivity index (χ1) is 12.8. The van der Waals surface area contributed by atoms with Gasteiger partial charge in [-0.25, -0.2) is 0 Å². The number of halogens is 1. The van der Waals surface area contributed by atoms with Crippen LogP contribution in [0.2, 0.25) is 0 Å². The van der Waals surface area contributed by atoms with Crippen LogP contribution in [0.5, 0.6) is 0 Å². The Labute approximate surface area is 165 Å². The van der Waals surface area contributed by atoms with Crippen LogP contribution in [-0.4, -0.2) is 40.4 Å². The minimum absolute atomic E-state index is 0.00357. The van der Waals surface area contributed by atoms with E-state index in [2.05, 4.69) is 21.0 Å². The molecular formula is C20H19BrN2O4. The Balaban J connectivity index is 1.71. The van der Waals surface area contributed by atoms with Gasteiger partial charge in [0.2, 0.25) is 0 Å². The fourth-order valence-electron chi connectivity index (χ4n) is 3.22. The molecule has 2 atom stereocenters. The average Bonchev–Trinajstić information content (AvgIpc) is 3.08. The van der Waals surface area contributed by atoms with Crippen LogP contribution in [0.1, 0.15) is 30.1 Å². The van der Waals surface area contributed by atoms with Gasteiger partial charge in [0, 0.05) is 41.1 Å². The van der Waals surface area contributed by atoms with Gasteiger partial charge in [-0.2, -0.15) is 5.10 Å². The Morgan fingerprint density at radius 1 is 1.30 bits per heavy atom. The summed E-state index contributed by atoms with van der Waals surface area (Å²) in [6.07, 6.45) is 5.26. The van der Waals surface area contributed by atoms with E-state index in [0.717, 1.165) is 10.0 Å². The van der Waals surface area contributed by atoms with Gasteiger partial charge in [0.05, 0.1) is 18.2 Å². The summed E-state index contributed by atoms with van der Waals surface area (Å²) in [5.41, 5.74) is 2.08. The monoisotopic (exact) mass is 430 g/mol. The van der Waals surface area contributed by atoms with Gasteiger partial charge in [-0.05, 0) is 25.1 Å². The Hall–Kier alpha value is -2.54. The molecule has 0 unspecified atom stereocenters. The maximum absolute atomic E-state index is 12.5. The van der Waals surface area contributed by atoms with Gasteiger partial charge in [-0.1, -0.05) is 33.6 Å². The number of aliphatic carboxylic acids is 1. The summed E-state index contributed by atoms with van der Waals surface area (Å²) >= 11 is 3.31. The number of hydrogen-bond donors (Lipinski definition) is 1. The summed E-state index contributed by atoms with van der Waals surface area (Å²) in [6, 6.07) is 6.85. The van der Waals surface area contributed by atoms with Crippen molar-refractivity contribution in [1.29, 1.82) is 0 Å². The lowest BCUT2D eigenvalue weighted by Gasteiger charge is -2.22. The number of hydrogen-bond acceptors (Lipinski definition) is 5. The predicted octanol–water partition coefficient (Wildman–Crippen LogP) is 3.44. The fraction of sp³-hybridized carbons (Fsp3) is 0.300.